The Morgan fingerprint density at radius 2 is 2.00 bits per heavy atom. The highest BCUT2D eigenvalue weighted by Crippen LogP contribution is 2.37. The van der Waals surface area contributed by atoms with Crippen LogP contribution in [-0.4, -0.2) is 24.3 Å². The van der Waals surface area contributed by atoms with E-state index >= 15 is 0 Å². The molecule has 0 aliphatic carbocycles. The van der Waals surface area contributed by atoms with Gasteiger partial charge in [-0.1, -0.05) is 16.8 Å². The van der Waals surface area contributed by atoms with Crippen LogP contribution in [0.3, 0.4) is 0 Å². The van der Waals surface area contributed by atoms with E-state index in [2.05, 4.69) is 15.3 Å². The predicted octanol–water partition coefficient (Wildman–Crippen LogP) is 4.75. The van der Waals surface area contributed by atoms with Crippen molar-refractivity contribution in [2.45, 2.75) is 6.18 Å². The minimum Gasteiger partial charge on any atom is -0.456 e. The number of nitrogens with zero attached hydrogens (tertiary/aromatic N) is 2. The number of nitro groups is 1. The molecule has 0 heterocycles. The highest BCUT2D eigenvalue weighted by atomic mass is 35.5. The minimum absolute atomic E-state index is 0.0358. The molecule has 0 aromatic heterocycles. The first-order chi connectivity index (χ1) is 13.1. The van der Waals surface area contributed by atoms with Crippen LogP contribution in [0.5, 0.6) is 11.5 Å². The fraction of sp³-hybridized carbons (Fsp3) is 0.125. The van der Waals surface area contributed by atoms with Gasteiger partial charge >= 0.3 is 12.3 Å². The summed E-state index contributed by atoms with van der Waals surface area (Å²) in [5.41, 5.74) is -1.39. The molecule has 8 nitrogen and oxygen atoms in total. The Morgan fingerprint density at radius 1 is 1.29 bits per heavy atom. The maximum absolute atomic E-state index is 12.7. The number of halogens is 4. The molecular formula is C16H11ClF3N3O5. The SMILES string of the molecule is CNC(=O)ON=Cc1cc(Oc2ccc(C(F)(F)F)cc2Cl)ccc1[N+](=O)[O-]. The second kappa shape index (κ2) is 8.57. The topological polar surface area (TPSA) is 103 Å². The van der Waals surface area contributed by atoms with Gasteiger partial charge in [0.15, 0.2) is 0 Å². The molecular weight excluding hydrogens is 407 g/mol. The van der Waals surface area contributed by atoms with Crippen molar-refractivity contribution in [3.8, 4) is 11.5 Å². The van der Waals surface area contributed by atoms with Crippen LogP contribution in [0.4, 0.5) is 23.7 Å². The van der Waals surface area contributed by atoms with Gasteiger partial charge in [-0.15, -0.1) is 0 Å². The number of alkyl halides is 3. The van der Waals surface area contributed by atoms with Crippen LogP contribution in [0.1, 0.15) is 11.1 Å². The molecule has 0 aliphatic heterocycles. The molecule has 0 unspecified atom stereocenters. The van der Waals surface area contributed by atoms with Crippen LogP contribution >= 0.6 is 11.6 Å². The van der Waals surface area contributed by atoms with Crippen molar-refractivity contribution >= 4 is 29.6 Å². The molecule has 0 radical (unpaired) electrons. The van der Waals surface area contributed by atoms with Crippen LogP contribution in [0.15, 0.2) is 41.6 Å². The minimum atomic E-state index is -4.57. The molecule has 1 amide bonds. The summed E-state index contributed by atoms with van der Waals surface area (Å²) in [6.07, 6.45) is -4.54. The second-order valence-corrected chi connectivity index (χ2v) is 5.49. The molecule has 148 valence electrons. The number of oxime groups is 1. The third kappa shape index (κ3) is 5.33. The third-order valence-corrected chi connectivity index (χ3v) is 3.51. The molecule has 0 aliphatic rings. The van der Waals surface area contributed by atoms with Gasteiger partial charge < -0.3 is 10.1 Å². The van der Waals surface area contributed by atoms with Crippen LogP contribution in [0.2, 0.25) is 5.02 Å². The van der Waals surface area contributed by atoms with Crippen molar-refractivity contribution in [1.29, 1.82) is 0 Å². The summed E-state index contributed by atoms with van der Waals surface area (Å²) in [5.74, 6) is -0.0540. The largest absolute Gasteiger partial charge is 0.456 e. The lowest BCUT2D eigenvalue weighted by atomic mass is 10.2. The molecule has 2 rings (SSSR count). The number of rotatable bonds is 5. The average Bonchev–Trinajstić information content (AvgIpc) is 2.62. The Hall–Kier alpha value is -3.34. The van der Waals surface area contributed by atoms with Gasteiger partial charge in [0.25, 0.3) is 5.69 Å². The molecule has 0 atom stereocenters. The molecule has 28 heavy (non-hydrogen) atoms. The van der Waals surface area contributed by atoms with Crippen LogP contribution in [0.25, 0.3) is 0 Å². The zero-order valence-corrected chi connectivity index (χ0v) is 14.7. The van der Waals surface area contributed by atoms with E-state index in [-0.39, 0.29) is 27.8 Å². The van der Waals surface area contributed by atoms with Crippen molar-refractivity contribution < 1.29 is 32.5 Å². The summed E-state index contributed by atoms with van der Waals surface area (Å²) in [5, 5.41) is 16.2. The monoisotopic (exact) mass is 417 g/mol. The fourth-order valence-corrected chi connectivity index (χ4v) is 2.15. The Balaban J connectivity index is 2.30. The lowest BCUT2D eigenvalue weighted by Crippen LogP contribution is -2.16. The number of hydrogen-bond acceptors (Lipinski definition) is 6. The first kappa shape index (κ1) is 21.0. The standard InChI is InChI=1S/C16H11ClF3N3O5/c1-21-15(24)28-22-8-9-6-11(3-4-13(9)23(25)26)27-14-5-2-10(7-12(14)17)16(18,19)20/h2-8H,1H3,(H,21,24). The van der Waals surface area contributed by atoms with Gasteiger partial charge in [0.1, 0.15) is 11.5 Å². The highest BCUT2D eigenvalue weighted by molar-refractivity contribution is 6.32. The summed E-state index contributed by atoms with van der Waals surface area (Å²) >= 11 is 5.82. The molecule has 0 saturated carbocycles. The zero-order chi connectivity index (χ0) is 20.9. The number of amides is 1. The van der Waals surface area contributed by atoms with Gasteiger partial charge in [0.2, 0.25) is 0 Å². The van der Waals surface area contributed by atoms with Gasteiger partial charge in [-0.05, 0) is 30.3 Å². The summed E-state index contributed by atoms with van der Waals surface area (Å²) < 4.78 is 43.4. The normalized spacial score (nSPS) is 11.3. The molecule has 0 saturated heterocycles. The Kier molecular flexibility index (Phi) is 6.41. The first-order valence-electron chi connectivity index (χ1n) is 7.37. The van der Waals surface area contributed by atoms with Crippen molar-refractivity contribution in [3.05, 3.63) is 62.7 Å². The van der Waals surface area contributed by atoms with Crippen molar-refractivity contribution in [2.24, 2.45) is 5.16 Å². The van der Waals surface area contributed by atoms with Crippen molar-refractivity contribution in [2.75, 3.05) is 7.05 Å². The van der Waals surface area contributed by atoms with Gasteiger partial charge in [-0.25, -0.2) is 4.79 Å². The van der Waals surface area contributed by atoms with E-state index in [1.807, 2.05) is 0 Å². The van der Waals surface area contributed by atoms with Crippen molar-refractivity contribution in [1.82, 2.24) is 5.32 Å². The highest BCUT2D eigenvalue weighted by Gasteiger charge is 2.31. The summed E-state index contributed by atoms with van der Waals surface area (Å²) in [7, 11) is 1.29. The lowest BCUT2D eigenvalue weighted by Gasteiger charge is -2.11. The van der Waals surface area contributed by atoms with Gasteiger partial charge in [0.05, 0.1) is 27.3 Å². The van der Waals surface area contributed by atoms with E-state index in [9.17, 15) is 28.1 Å². The molecule has 0 fully saturated rings. The van der Waals surface area contributed by atoms with E-state index in [0.717, 1.165) is 24.4 Å². The van der Waals surface area contributed by atoms with E-state index in [0.29, 0.717) is 6.07 Å². The quantitative estimate of drug-likeness (QED) is 0.327. The van der Waals surface area contributed by atoms with Crippen LogP contribution in [0, 0.1) is 10.1 Å². The van der Waals surface area contributed by atoms with Crippen LogP contribution < -0.4 is 10.1 Å². The molecule has 1 N–H and O–H groups in total. The van der Waals surface area contributed by atoms with E-state index in [1.165, 1.54) is 19.2 Å². The van der Waals surface area contributed by atoms with E-state index in [1.54, 1.807) is 0 Å². The zero-order valence-electron chi connectivity index (χ0n) is 14.0. The second-order valence-electron chi connectivity index (χ2n) is 5.09. The van der Waals surface area contributed by atoms with E-state index in [4.69, 9.17) is 16.3 Å². The van der Waals surface area contributed by atoms with Gasteiger partial charge in [0, 0.05) is 13.1 Å². The Morgan fingerprint density at radius 3 is 2.57 bits per heavy atom. The smallest absolute Gasteiger partial charge is 0.433 e. The summed E-state index contributed by atoms with van der Waals surface area (Å²) in [4.78, 5) is 25.7. The fourth-order valence-electron chi connectivity index (χ4n) is 1.93. The molecule has 0 spiro atoms. The maximum Gasteiger partial charge on any atom is 0.433 e. The number of nitro benzene ring substituents is 1. The number of ether oxygens (including phenoxy) is 1. The van der Waals surface area contributed by atoms with Crippen molar-refractivity contribution in [3.63, 3.8) is 0 Å². The average molecular weight is 418 g/mol. The third-order valence-electron chi connectivity index (χ3n) is 3.21. The number of benzene rings is 2. The molecule has 0 bridgehead atoms. The van der Waals surface area contributed by atoms with Crippen LogP contribution in [-0.2, 0) is 11.0 Å². The Labute approximate surface area is 160 Å². The van der Waals surface area contributed by atoms with Gasteiger partial charge in [-0.2, -0.15) is 13.2 Å². The maximum atomic E-state index is 12.7. The lowest BCUT2D eigenvalue weighted by molar-refractivity contribution is -0.385. The van der Waals surface area contributed by atoms with Gasteiger partial charge in [-0.3, -0.25) is 15.0 Å². The number of nitrogens with one attached hydrogen (secondary N) is 1. The summed E-state index contributed by atoms with van der Waals surface area (Å²) in [6, 6.07) is 6.00. The Bertz CT molecular complexity index is 934. The number of carbonyl (C=O) groups is 1. The number of carbonyl (C=O) groups excluding carboxylic acids is 1. The molecule has 2 aromatic rings. The first-order valence-corrected chi connectivity index (χ1v) is 7.74. The summed E-state index contributed by atoms with van der Waals surface area (Å²) in [6.45, 7) is 0. The predicted molar refractivity (Wildman–Crippen MR) is 92.8 cm³/mol. The van der Waals surface area contributed by atoms with E-state index < -0.39 is 22.8 Å². The number of hydrogen-bond donors (Lipinski definition) is 1. The molecule has 2 aromatic carbocycles. The molecule has 12 heteroatoms.